The Morgan fingerprint density at radius 1 is 0.338 bits per heavy atom. The van der Waals surface area contributed by atoms with Crippen LogP contribution in [0.15, 0.2) is 97.2 Å². The van der Waals surface area contributed by atoms with E-state index in [4.69, 9.17) is 14.2 Å². The van der Waals surface area contributed by atoms with Gasteiger partial charge in [0.15, 0.2) is 6.10 Å². The first-order valence-corrected chi connectivity index (χ1v) is 26.8. The van der Waals surface area contributed by atoms with Crippen LogP contribution in [0.25, 0.3) is 0 Å². The third-order valence-corrected chi connectivity index (χ3v) is 11.1. The van der Waals surface area contributed by atoms with Crippen molar-refractivity contribution >= 4 is 17.9 Å². The standard InChI is InChI=1S/C59H98O6/c1-4-7-10-13-16-19-22-25-28-29-32-34-37-40-43-46-49-52-58(61)64-55-56(65-59(62)53-50-47-44-41-38-35-31-27-24-21-18-15-12-9-6-3)54-63-57(60)51-48-45-42-39-36-33-30-26-23-20-17-14-11-8-5-2/h9,12,15-16,18-21,23-25,28,32,34,40,43,56H,4-8,10-11,13-14,17,22,26-27,29-31,33,35-39,41-42,44-55H2,1-3H3/b12-9-,18-15-,19-16-,23-20-,24-21-,28-25-,34-32-,43-40-. The van der Waals surface area contributed by atoms with Crippen LogP contribution in [0.5, 0.6) is 0 Å². The average Bonchev–Trinajstić information content (AvgIpc) is 3.30. The van der Waals surface area contributed by atoms with E-state index in [0.717, 1.165) is 83.5 Å². The Bertz CT molecular complexity index is 1310. The smallest absolute Gasteiger partial charge is 0.306 e. The second-order valence-electron chi connectivity index (χ2n) is 17.5. The van der Waals surface area contributed by atoms with E-state index in [-0.39, 0.29) is 37.5 Å². The molecule has 0 radical (unpaired) electrons. The Labute approximate surface area is 400 Å². The summed E-state index contributed by atoms with van der Waals surface area (Å²) in [6.45, 7) is 6.40. The van der Waals surface area contributed by atoms with Crippen molar-refractivity contribution in [2.24, 2.45) is 0 Å². The number of esters is 3. The summed E-state index contributed by atoms with van der Waals surface area (Å²) in [7, 11) is 0. The highest BCUT2D eigenvalue weighted by Gasteiger charge is 2.19. The molecule has 0 N–H and O–H groups in total. The minimum atomic E-state index is -0.808. The van der Waals surface area contributed by atoms with Crippen LogP contribution in [0.1, 0.15) is 239 Å². The van der Waals surface area contributed by atoms with E-state index in [2.05, 4.69) is 118 Å². The summed E-state index contributed by atoms with van der Waals surface area (Å²) in [5.41, 5.74) is 0. The fourth-order valence-corrected chi connectivity index (χ4v) is 7.08. The normalized spacial score (nSPS) is 12.8. The summed E-state index contributed by atoms with van der Waals surface area (Å²) >= 11 is 0. The predicted octanol–water partition coefficient (Wildman–Crippen LogP) is 17.8. The Morgan fingerprint density at radius 2 is 0.677 bits per heavy atom. The lowest BCUT2D eigenvalue weighted by atomic mass is 10.1. The molecule has 1 atom stereocenters. The van der Waals surface area contributed by atoms with Gasteiger partial charge in [-0.3, -0.25) is 14.4 Å². The zero-order chi connectivity index (χ0) is 47.2. The first-order chi connectivity index (χ1) is 32.0. The van der Waals surface area contributed by atoms with Crippen LogP contribution in [0, 0.1) is 0 Å². The van der Waals surface area contributed by atoms with Crippen LogP contribution in [0.2, 0.25) is 0 Å². The average molecular weight is 903 g/mol. The fraction of sp³-hybridized carbons (Fsp3) is 0.678. The lowest BCUT2D eigenvalue weighted by Gasteiger charge is -2.18. The first-order valence-electron chi connectivity index (χ1n) is 26.8. The maximum absolute atomic E-state index is 12.8. The van der Waals surface area contributed by atoms with Crippen molar-refractivity contribution in [1.82, 2.24) is 0 Å². The molecule has 0 bridgehead atoms. The van der Waals surface area contributed by atoms with Crippen LogP contribution < -0.4 is 0 Å². The Hall–Kier alpha value is -3.67. The summed E-state index contributed by atoms with van der Waals surface area (Å²) in [4.78, 5) is 38.0. The van der Waals surface area contributed by atoms with Gasteiger partial charge in [0.25, 0.3) is 0 Å². The molecule has 0 amide bonds. The van der Waals surface area contributed by atoms with E-state index in [1.54, 1.807) is 0 Å². The van der Waals surface area contributed by atoms with Crippen molar-refractivity contribution in [3.05, 3.63) is 97.2 Å². The topological polar surface area (TPSA) is 78.9 Å². The molecule has 0 aromatic heterocycles. The van der Waals surface area contributed by atoms with Crippen LogP contribution >= 0.6 is 0 Å². The lowest BCUT2D eigenvalue weighted by Crippen LogP contribution is -2.30. The highest BCUT2D eigenvalue weighted by Crippen LogP contribution is 2.14. The van der Waals surface area contributed by atoms with Gasteiger partial charge in [-0.25, -0.2) is 0 Å². The number of unbranched alkanes of at least 4 members (excludes halogenated alkanes) is 22. The molecule has 65 heavy (non-hydrogen) atoms. The Balaban J connectivity index is 4.50. The number of hydrogen-bond acceptors (Lipinski definition) is 6. The number of ether oxygens (including phenoxy) is 3. The maximum atomic E-state index is 12.8. The minimum Gasteiger partial charge on any atom is -0.462 e. The molecule has 6 nitrogen and oxygen atoms in total. The van der Waals surface area contributed by atoms with Gasteiger partial charge in [-0.05, 0) is 103 Å². The lowest BCUT2D eigenvalue weighted by molar-refractivity contribution is -0.167. The van der Waals surface area contributed by atoms with E-state index >= 15 is 0 Å². The van der Waals surface area contributed by atoms with Gasteiger partial charge in [0, 0.05) is 19.3 Å². The van der Waals surface area contributed by atoms with E-state index < -0.39 is 6.10 Å². The van der Waals surface area contributed by atoms with Crippen LogP contribution in [-0.2, 0) is 28.6 Å². The third kappa shape index (κ3) is 51.2. The number of allylic oxidation sites excluding steroid dienone is 16. The quantitative estimate of drug-likeness (QED) is 0.0199. The molecule has 0 heterocycles. The van der Waals surface area contributed by atoms with Gasteiger partial charge in [-0.15, -0.1) is 0 Å². The third-order valence-electron chi connectivity index (χ3n) is 11.1. The predicted molar refractivity (Wildman–Crippen MR) is 279 cm³/mol. The van der Waals surface area contributed by atoms with Gasteiger partial charge in [0.1, 0.15) is 13.2 Å². The van der Waals surface area contributed by atoms with Gasteiger partial charge in [0.05, 0.1) is 0 Å². The molecular weight excluding hydrogens is 805 g/mol. The van der Waals surface area contributed by atoms with E-state index in [1.165, 1.54) is 109 Å². The maximum Gasteiger partial charge on any atom is 0.306 e. The van der Waals surface area contributed by atoms with Gasteiger partial charge < -0.3 is 14.2 Å². The molecule has 1 unspecified atom stereocenters. The van der Waals surface area contributed by atoms with Gasteiger partial charge in [-0.1, -0.05) is 214 Å². The summed E-state index contributed by atoms with van der Waals surface area (Å²) < 4.78 is 16.8. The molecule has 0 aromatic rings. The largest absolute Gasteiger partial charge is 0.462 e. The van der Waals surface area contributed by atoms with Crippen LogP contribution in [0.3, 0.4) is 0 Å². The van der Waals surface area contributed by atoms with Gasteiger partial charge >= 0.3 is 17.9 Å². The zero-order valence-electron chi connectivity index (χ0n) is 42.2. The van der Waals surface area contributed by atoms with Crippen molar-refractivity contribution in [3.63, 3.8) is 0 Å². The number of carbonyl (C=O) groups excluding carboxylic acids is 3. The summed E-state index contributed by atoms with van der Waals surface area (Å²) in [6.07, 6.45) is 69.6. The SMILES string of the molecule is CC\C=C/C=C\C=C/CCCCCCCCCC(=O)OC(COC(=O)CCC/C=C\C/C=C\C/C=C\C/C=C\CCCCC)COC(=O)CCCCCCCCC/C=C\CCCCCC. The molecule has 0 fully saturated rings. The van der Waals surface area contributed by atoms with Crippen LogP contribution in [-0.4, -0.2) is 37.2 Å². The van der Waals surface area contributed by atoms with Crippen molar-refractivity contribution in [1.29, 1.82) is 0 Å². The Morgan fingerprint density at radius 3 is 1.17 bits per heavy atom. The van der Waals surface area contributed by atoms with E-state index in [1.807, 2.05) is 0 Å². The van der Waals surface area contributed by atoms with E-state index in [0.29, 0.717) is 19.3 Å². The number of hydrogen-bond donors (Lipinski definition) is 0. The summed E-state index contributed by atoms with van der Waals surface area (Å²) in [6, 6.07) is 0. The first kappa shape index (κ1) is 61.3. The monoisotopic (exact) mass is 903 g/mol. The van der Waals surface area contributed by atoms with Gasteiger partial charge in [0.2, 0.25) is 0 Å². The van der Waals surface area contributed by atoms with E-state index in [9.17, 15) is 14.4 Å². The van der Waals surface area contributed by atoms with Crippen LogP contribution in [0.4, 0.5) is 0 Å². The second-order valence-corrected chi connectivity index (χ2v) is 17.5. The molecule has 0 saturated heterocycles. The molecule has 6 heteroatoms. The Kier molecular flexibility index (Phi) is 50.0. The molecule has 0 aliphatic carbocycles. The summed E-state index contributed by atoms with van der Waals surface area (Å²) in [5, 5.41) is 0. The molecule has 370 valence electrons. The molecule has 0 aliphatic rings. The molecule has 0 aromatic carbocycles. The van der Waals surface area contributed by atoms with Gasteiger partial charge in [-0.2, -0.15) is 0 Å². The number of carbonyl (C=O) groups is 3. The molecule has 0 spiro atoms. The summed E-state index contributed by atoms with van der Waals surface area (Å²) in [5.74, 6) is -0.979. The van der Waals surface area contributed by atoms with Crippen molar-refractivity contribution in [3.8, 4) is 0 Å². The zero-order valence-corrected chi connectivity index (χ0v) is 42.2. The molecular formula is C59H98O6. The van der Waals surface area contributed by atoms with Crippen molar-refractivity contribution in [2.75, 3.05) is 13.2 Å². The highest BCUT2D eigenvalue weighted by molar-refractivity contribution is 5.71. The fourth-order valence-electron chi connectivity index (χ4n) is 7.08. The van der Waals surface area contributed by atoms with Crippen molar-refractivity contribution in [2.45, 2.75) is 245 Å². The van der Waals surface area contributed by atoms with Crippen molar-refractivity contribution < 1.29 is 28.6 Å². The second kappa shape index (κ2) is 52.9. The molecule has 0 aliphatic heterocycles. The minimum absolute atomic E-state index is 0.103. The molecule has 0 rings (SSSR count). The highest BCUT2D eigenvalue weighted by atomic mass is 16.6. The number of rotatable bonds is 47. The molecule has 0 saturated carbocycles.